The molecule has 0 unspecified atom stereocenters. The molecule has 0 aliphatic carbocycles. The van der Waals surface area contributed by atoms with Crippen molar-refractivity contribution in [1.82, 2.24) is 9.80 Å². The molecule has 3 amide bonds. The molecule has 0 radical (unpaired) electrons. The average molecular weight is 319 g/mol. The first kappa shape index (κ1) is 16.8. The van der Waals surface area contributed by atoms with Gasteiger partial charge in [-0.3, -0.25) is 14.4 Å². The lowest BCUT2D eigenvalue weighted by atomic mass is 10.2. The van der Waals surface area contributed by atoms with E-state index in [1.165, 1.54) is 7.11 Å². The molecule has 1 heterocycles. The van der Waals surface area contributed by atoms with E-state index in [0.717, 1.165) is 12.0 Å². The van der Waals surface area contributed by atoms with Crippen molar-refractivity contribution in [3.63, 3.8) is 0 Å². The summed E-state index contributed by atoms with van der Waals surface area (Å²) in [5.41, 5.74) is 1.54. The van der Waals surface area contributed by atoms with Crippen molar-refractivity contribution in [2.24, 2.45) is 0 Å². The Kier molecular flexibility index (Phi) is 5.56. The van der Waals surface area contributed by atoms with Crippen LogP contribution in [0.2, 0.25) is 0 Å². The number of nitrogens with one attached hydrogen (secondary N) is 1. The molecular formula is C16H21N3O4. The minimum absolute atomic E-state index is 0.224. The summed E-state index contributed by atoms with van der Waals surface area (Å²) in [5, 5.41) is 2.71. The lowest BCUT2D eigenvalue weighted by molar-refractivity contribution is -0.137. The van der Waals surface area contributed by atoms with Crippen LogP contribution >= 0.6 is 0 Å². The smallest absolute Gasteiger partial charge is 0.233 e. The first-order valence-corrected chi connectivity index (χ1v) is 7.45. The summed E-state index contributed by atoms with van der Waals surface area (Å²) >= 11 is 0. The fourth-order valence-corrected chi connectivity index (χ4v) is 2.44. The summed E-state index contributed by atoms with van der Waals surface area (Å²) in [6, 6.07) is 5.45. The van der Waals surface area contributed by atoms with Gasteiger partial charge in [-0.25, -0.2) is 0 Å². The van der Waals surface area contributed by atoms with Crippen molar-refractivity contribution in [2.75, 3.05) is 38.6 Å². The second-order valence-corrected chi connectivity index (χ2v) is 5.45. The Balaban J connectivity index is 1.91. The number of amides is 3. The largest absolute Gasteiger partial charge is 0.495 e. The van der Waals surface area contributed by atoms with Gasteiger partial charge in [0.2, 0.25) is 18.2 Å². The topological polar surface area (TPSA) is 79.0 Å². The number of piperazine rings is 1. The third-order valence-corrected chi connectivity index (χ3v) is 3.76. The summed E-state index contributed by atoms with van der Waals surface area (Å²) in [6.45, 7) is 3.83. The van der Waals surface area contributed by atoms with Crippen molar-refractivity contribution in [1.29, 1.82) is 0 Å². The van der Waals surface area contributed by atoms with Crippen LogP contribution in [0.3, 0.4) is 0 Å². The Labute approximate surface area is 135 Å². The highest BCUT2D eigenvalue weighted by atomic mass is 16.5. The number of aryl methyl sites for hydroxylation is 1. The van der Waals surface area contributed by atoms with Gasteiger partial charge in [-0.15, -0.1) is 0 Å². The SMILES string of the molecule is COc1ccc(C)cc1NC(=O)CC(=O)N1CCN(C=O)CC1. The lowest BCUT2D eigenvalue weighted by Gasteiger charge is -2.32. The van der Waals surface area contributed by atoms with Gasteiger partial charge in [0, 0.05) is 26.2 Å². The highest BCUT2D eigenvalue weighted by Crippen LogP contribution is 2.25. The van der Waals surface area contributed by atoms with Gasteiger partial charge in [-0.05, 0) is 24.6 Å². The van der Waals surface area contributed by atoms with Crippen LogP contribution in [0.5, 0.6) is 5.75 Å². The summed E-state index contributed by atoms with van der Waals surface area (Å²) in [7, 11) is 1.53. The molecule has 1 aromatic carbocycles. The Hall–Kier alpha value is -2.57. The molecule has 124 valence electrons. The fourth-order valence-electron chi connectivity index (χ4n) is 2.44. The molecule has 0 aromatic heterocycles. The van der Waals surface area contributed by atoms with Crippen LogP contribution in [0.15, 0.2) is 18.2 Å². The third kappa shape index (κ3) is 4.45. The quantitative estimate of drug-likeness (QED) is 0.638. The van der Waals surface area contributed by atoms with Gasteiger partial charge in [0.15, 0.2) is 0 Å². The number of benzene rings is 1. The van der Waals surface area contributed by atoms with Crippen LogP contribution in [0, 0.1) is 6.92 Å². The van der Waals surface area contributed by atoms with Crippen LogP contribution < -0.4 is 10.1 Å². The van der Waals surface area contributed by atoms with Gasteiger partial charge >= 0.3 is 0 Å². The van der Waals surface area contributed by atoms with E-state index in [4.69, 9.17) is 4.74 Å². The number of nitrogens with zero attached hydrogens (tertiary/aromatic N) is 2. The molecule has 1 fully saturated rings. The van der Waals surface area contributed by atoms with Crippen LogP contribution in [0.25, 0.3) is 0 Å². The molecule has 0 atom stereocenters. The molecule has 0 bridgehead atoms. The first-order chi connectivity index (χ1) is 11.0. The van der Waals surface area contributed by atoms with E-state index < -0.39 is 0 Å². The summed E-state index contributed by atoms with van der Waals surface area (Å²) in [5.74, 6) is -0.0626. The molecule has 7 heteroatoms. The maximum absolute atomic E-state index is 12.1. The molecule has 7 nitrogen and oxygen atoms in total. The average Bonchev–Trinajstić information content (AvgIpc) is 2.55. The van der Waals surface area contributed by atoms with E-state index in [1.54, 1.807) is 21.9 Å². The van der Waals surface area contributed by atoms with Crippen molar-refractivity contribution in [3.05, 3.63) is 23.8 Å². The number of carbonyl (C=O) groups is 3. The van der Waals surface area contributed by atoms with E-state index >= 15 is 0 Å². The van der Waals surface area contributed by atoms with Gasteiger partial charge in [0.25, 0.3) is 0 Å². The van der Waals surface area contributed by atoms with E-state index in [0.29, 0.717) is 37.6 Å². The molecule has 1 N–H and O–H groups in total. The van der Waals surface area contributed by atoms with Crippen LogP contribution in [0.4, 0.5) is 5.69 Å². The maximum Gasteiger partial charge on any atom is 0.233 e. The summed E-state index contributed by atoms with van der Waals surface area (Å²) in [6.07, 6.45) is 0.552. The second kappa shape index (κ2) is 7.62. The van der Waals surface area contributed by atoms with Crippen molar-refractivity contribution in [3.8, 4) is 5.75 Å². The minimum atomic E-state index is -0.378. The zero-order valence-electron chi connectivity index (χ0n) is 13.4. The molecule has 1 aliphatic heterocycles. The van der Waals surface area contributed by atoms with E-state index in [-0.39, 0.29) is 18.2 Å². The molecule has 2 rings (SSSR count). The zero-order chi connectivity index (χ0) is 16.8. The van der Waals surface area contributed by atoms with Gasteiger partial charge in [0.1, 0.15) is 12.2 Å². The maximum atomic E-state index is 12.1. The number of hydrogen-bond acceptors (Lipinski definition) is 4. The van der Waals surface area contributed by atoms with Crippen molar-refractivity contribution >= 4 is 23.9 Å². The standard InChI is InChI=1S/C16H21N3O4/c1-12-3-4-14(23-2)13(9-12)17-15(21)10-16(22)19-7-5-18(11-20)6-8-19/h3-4,9,11H,5-8,10H2,1-2H3,(H,17,21). The van der Waals surface area contributed by atoms with E-state index in [2.05, 4.69) is 5.32 Å². The number of hydrogen-bond donors (Lipinski definition) is 1. The number of carbonyl (C=O) groups excluding carboxylic acids is 3. The van der Waals surface area contributed by atoms with E-state index in [9.17, 15) is 14.4 Å². The number of anilines is 1. The summed E-state index contributed by atoms with van der Waals surface area (Å²) in [4.78, 5) is 38.1. The third-order valence-electron chi connectivity index (χ3n) is 3.76. The van der Waals surface area contributed by atoms with Gasteiger partial charge < -0.3 is 19.9 Å². The number of rotatable bonds is 5. The van der Waals surface area contributed by atoms with E-state index in [1.807, 2.05) is 13.0 Å². The Bertz CT molecular complexity index is 595. The normalized spacial score (nSPS) is 14.3. The van der Waals surface area contributed by atoms with Gasteiger partial charge in [-0.1, -0.05) is 6.07 Å². The molecule has 1 aromatic rings. The number of methoxy groups -OCH3 is 1. The van der Waals surface area contributed by atoms with Gasteiger partial charge in [0.05, 0.1) is 12.8 Å². The van der Waals surface area contributed by atoms with Crippen molar-refractivity contribution < 1.29 is 19.1 Å². The minimum Gasteiger partial charge on any atom is -0.495 e. The van der Waals surface area contributed by atoms with Crippen LogP contribution in [0.1, 0.15) is 12.0 Å². The zero-order valence-corrected chi connectivity index (χ0v) is 13.4. The Morgan fingerprint density at radius 1 is 1.26 bits per heavy atom. The van der Waals surface area contributed by atoms with Gasteiger partial charge in [-0.2, -0.15) is 0 Å². The Morgan fingerprint density at radius 3 is 2.57 bits per heavy atom. The lowest BCUT2D eigenvalue weighted by Crippen LogP contribution is -2.48. The molecule has 1 aliphatic rings. The van der Waals surface area contributed by atoms with Crippen molar-refractivity contribution in [2.45, 2.75) is 13.3 Å². The predicted molar refractivity (Wildman–Crippen MR) is 85.2 cm³/mol. The van der Waals surface area contributed by atoms with Crippen LogP contribution in [-0.2, 0) is 14.4 Å². The highest BCUT2D eigenvalue weighted by molar-refractivity contribution is 6.04. The highest BCUT2D eigenvalue weighted by Gasteiger charge is 2.22. The molecule has 1 saturated heterocycles. The predicted octanol–water partition coefficient (Wildman–Crippen LogP) is 0.633. The first-order valence-electron chi connectivity index (χ1n) is 7.45. The summed E-state index contributed by atoms with van der Waals surface area (Å²) < 4.78 is 5.20. The monoisotopic (exact) mass is 319 g/mol. The molecule has 0 spiro atoms. The Morgan fingerprint density at radius 2 is 1.96 bits per heavy atom. The van der Waals surface area contributed by atoms with Crippen LogP contribution in [-0.4, -0.2) is 61.3 Å². The molecule has 0 saturated carbocycles. The molecule has 23 heavy (non-hydrogen) atoms. The second-order valence-electron chi connectivity index (χ2n) is 5.45. The molecular weight excluding hydrogens is 298 g/mol. The number of ether oxygens (including phenoxy) is 1. The fraction of sp³-hybridized carbons (Fsp3) is 0.438.